The molecule has 0 aromatic heterocycles. The minimum Gasteiger partial charge on any atom is -0.488 e. The molecular formula is C17H21NO3. The average Bonchev–Trinajstić information content (AvgIpc) is 2.83. The first-order valence-electron chi connectivity index (χ1n) is 7.98. The first-order chi connectivity index (χ1) is 10.1. The number of aliphatic hydroxyl groups is 2. The molecule has 1 saturated carbocycles. The second-order valence-corrected chi connectivity index (χ2v) is 7.20. The maximum absolute atomic E-state index is 10.5. The van der Waals surface area contributed by atoms with Crippen molar-refractivity contribution in [3.63, 3.8) is 0 Å². The summed E-state index contributed by atoms with van der Waals surface area (Å²) in [5.74, 6) is 1.15. The molecule has 0 aromatic carbocycles. The van der Waals surface area contributed by atoms with Gasteiger partial charge in [-0.15, -0.1) is 0 Å². The second-order valence-electron chi connectivity index (χ2n) is 7.20. The fraction of sp³-hybridized carbons (Fsp3) is 0.647. The molecule has 1 unspecified atom stereocenters. The van der Waals surface area contributed by atoms with E-state index in [1.54, 1.807) is 0 Å². The lowest BCUT2D eigenvalue weighted by Crippen LogP contribution is -2.62. The molecule has 1 saturated heterocycles. The summed E-state index contributed by atoms with van der Waals surface area (Å²) in [5.41, 5.74) is 2.48. The Bertz CT molecular complexity index is 607. The van der Waals surface area contributed by atoms with E-state index in [-0.39, 0.29) is 11.5 Å². The number of hydrogen-bond acceptors (Lipinski definition) is 4. The number of ether oxygens (including phenoxy) is 1. The van der Waals surface area contributed by atoms with Crippen LogP contribution in [-0.4, -0.2) is 53.1 Å². The third-order valence-electron chi connectivity index (χ3n) is 6.39. The van der Waals surface area contributed by atoms with E-state index in [1.165, 1.54) is 11.1 Å². The maximum atomic E-state index is 10.5. The van der Waals surface area contributed by atoms with Crippen LogP contribution < -0.4 is 0 Å². The molecule has 2 bridgehead atoms. The molecule has 1 spiro atoms. The first kappa shape index (κ1) is 12.4. The zero-order chi connectivity index (χ0) is 14.4. The van der Waals surface area contributed by atoms with Crippen molar-refractivity contribution >= 4 is 0 Å². The Balaban J connectivity index is 1.77. The zero-order valence-electron chi connectivity index (χ0n) is 12.2. The Hall–Kier alpha value is -1.10. The summed E-state index contributed by atoms with van der Waals surface area (Å²) in [6, 6.07) is 0.484. The third kappa shape index (κ3) is 1.28. The van der Waals surface area contributed by atoms with Crippen molar-refractivity contribution in [3.8, 4) is 0 Å². The monoisotopic (exact) mass is 287 g/mol. The number of hydrogen-bond donors (Lipinski definition) is 2. The molecule has 5 aliphatic rings. The average molecular weight is 287 g/mol. The molecule has 2 heterocycles. The largest absolute Gasteiger partial charge is 0.488 e. The van der Waals surface area contributed by atoms with Crippen LogP contribution in [0.4, 0.5) is 0 Å². The van der Waals surface area contributed by atoms with Gasteiger partial charge in [0, 0.05) is 22.9 Å². The van der Waals surface area contributed by atoms with Crippen LogP contribution >= 0.6 is 0 Å². The highest BCUT2D eigenvalue weighted by Gasteiger charge is 2.65. The van der Waals surface area contributed by atoms with Gasteiger partial charge in [0.15, 0.2) is 0 Å². The SMILES string of the molecule is CN1CC[C@]23C4=C5O[C@H]2[C@@H](O)C=C[C@H]3[C@H]1CC4=CCC5O. The molecule has 21 heavy (non-hydrogen) atoms. The highest BCUT2D eigenvalue weighted by molar-refractivity contribution is 5.53. The Labute approximate surface area is 124 Å². The van der Waals surface area contributed by atoms with Crippen LogP contribution in [0.2, 0.25) is 0 Å². The van der Waals surface area contributed by atoms with Gasteiger partial charge in [0.1, 0.15) is 24.1 Å². The standard InChI is InChI=1S/C17H21NO3/c1-18-7-6-17-10-3-5-13(20)16(17)21-15-12(19)4-2-9(14(15)17)8-11(10)18/h2-3,5,10-13,16,19-20H,4,6-8H2,1H3/t10-,11+,12?,13-,16-,17-/m0/s1. The predicted octanol–water partition coefficient (Wildman–Crippen LogP) is 0.971. The molecule has 2 aliphatic heterocycles. The van der Waals surface area contributed by atoms with Crippen molar-refractivity contribution in [2.45, 2.75) is 43.6 Å². The lowest BCUT2D eigenvalue weighted by atomic mass is 9.51. The van der Waals surface area contributed by atoms with Gasteiger partial charge in [-0.3, -0.25) is 0 Å². The number of rotatable bonds is 0. The van der Waals surface area contributed by atoms with Crippen LogP contribution in [0.15, 0.2) is 35.1 Å². The molecule has 5 rings (SSSR count). The topological polar surface area (TPSA) is 52.9 Å². The van der Waals surface area contributed by atoms with Gasteiger partial charge in [-0.25, -0.2) is 0 Å². The van der Waals surface area contributed by atoms with Gasteiger partial charge >= 0.3 is 0 Å². The summed E-state index contributed by atoms with van der Waals surface area (Å²) >= 11 is 0. The highest BCUT2D eigenvalue weighted by atomic mass is 16.5. The molecule has 6 atom stereocenters. The van der Waals surface area contributed by atoms with Crippen molar-refractivity contribution in [1.82, 2.24) is 4.90 Å². The molecule has 2 N–H and O–H groups in total. The van der Waals surface area contributed by atoms with E-state index < -0.39 is 12.2 Å². The van der Waals surface area contributed by atoms with Gasteiger partial charge in [-0.2, -0.15) is 0 Å². The molecule has 0 aromatic rings. The summed E-state index contributed by atoms with van der Waals surface area (Å²) in [6.07, 6.45) is 7.66. The van der Waals surface area contributed by atoms with Crippen LogP contribution in [0.1, 0.15) is 19.3 Å². The van der Waals surface area contributed by atoms with Crippen molar-refractivity contribution in [1.29, 1.82) is 0 Å². The van der Waals surface area contributed by atoms with Crippen molar-refractivity contribution in [2.75, 3.05) is 13.6 Å². The zero-order valence-corrected chi connectivity index (χ0v) is 12.2. The Kier molecular flexibility index (Phi) is 2.25. The fourth-order valence-corrected chi connectivity index (χ4v) is 5.48. The molecule has 3 aliphatic carbocycles. The van der Waals surface area contributed by atoms with Crippen LogP contribution in [0.3, 0.4) is 0 Å². The highest BCUT2D eigenvalue weighted by Crippen LogP contribution is 2.64. The number of aliphatic hydroxyl groups excluding tert-OH is 2. The lowest BCUT2D eigenvalue weighted by molar-refractivity contribution is -0.0947. The molecule has 112 valence electrons. The first-order valence-corrected chi connectivity index (χ1v) is 7.98. The van der Waals surface area contributed by atoms with Gasteiger partial charge < -0.3 is 19.8 Å². The number of likely N-dealkylation sites (tertiary alicyclic amines) is 1. The van der Waals surface area contributed by atoms with E-state index in [0.29, 0.717) is 18.4 Å². The van der Waals surface area contributed by atoms with E-state index in [0.717, 1.165) is 25.1 Å². The van der Waals surface area contributed by atoms with Crippen LogP contribution in [0.5, 0.6) is 0 Å². The summed E-state index contributed by atoms with van der Waals surface area (Å²) < 4.78 is 6.16. The molecule has 0 amide bonds. The quantitative estimate of drug-likeness (QED) is 0.652. The minimum absolute atomic E-state index is 0.119. The van der Waals surface area contributed by atoms with Crippen LogP contribution in [0, 0.1) is 11.3 Å². The third-order valence-corrected chi connectivity index (χ3v) is 6.39. The summed E-state index contributed by atoms with van der Waals surface area (Å²) in [6.45, 7) is 1.03. The Morgan fingerprint density at radius 1 is 1.33 bits per heavy atom. The van der Waals surface area contributed by atoms with Crippen LogP contribution in [0.25, 0.3) is 0 Å². The summed E-state index contributed by atoms with van der Waals surface area (Å²) in [5, 5.41) is 20.8. The summed E-state index contributed by atoms with van der Waals surface area (Å²) in [4.78, 5) is 2.45. The van der Waals surface area contributed by atoms with Crippen LogP contribution in [-0.2, 0) is 4.74 Å². The fourth-order valence-electron chi connectivity index (χ4n) is 5.48. The van der Waals surface area contributed by atoms with Gasteiger partial charge in [0.25, 0.3) is 0 Å². The van der Waals surface area contributed by atoms with Gasteiger partial charge in [-0.05, 0) is 38.4 Å². The van der Waals surface area contributed by atoms with E-state index in [2.05, 4.69) is 24.1 Å². The molecule has 4 nitrogen and oxygen atoms in total. The molecule has 4 heteroatoms. The normalized spacial score (nSPS) is 50.6. The second kappa shape index (κ2) is 3.80. The van der Waals surface area contributed by atoms with E-state index in [1.807, 2.05) is 6.08 Å². The van der Waals surface area contributed by atoms with E-state index >= 15 is 0 Å². The Morgan fingerprint density at radius 2 is 2.19 bits per heavy atom. The number of nitrogens with zero attached hydrogens (tertiary/aromatic N) is 1. The van der Waals surface area contributed by atoms with E-state index in [4.69, 9.17) is 4.74 Å². The maximum Gasteiger partial charge on any atom is 0.138 e. The number of piperidine rings is 1. The molecule has 0 radical (unpaired) electrons. The smallest absolute Gasteiger partial charge is 0.138 e. The van der Waals surface area contributed by atoms with E-state index in [9.17, 15) is 10.2 Å². The van der Waals surface area contributed by atoms with Gasteiger partial charge in [-0.1, -0.05) is 18.2 Å². The van der Waals surface area contributed by atoms with Gasteiger partial charge in [0.05, 0.1) is 0 Å². The lowest BCUT2D eigenvalue weighted by Gasteiger charge is -2.58. The minimum atomic E-state index is -0.567. The van der Waals surface area contributed by atoms with Gasteiger partial charge in [0.2, 0.25) is 0 Å². The molecule has 2 fully saturated rings. The van der Waals surface area contributed by atoms with Crippen molar-refractivity contribution < 1.29 is 14.9 Å². The molecular weight excluding hydrogens is 266 g/mol. The Morgan fingerprint density at radius 3 is 3.05 bits per heavy atom. The summed E-state index contributed by atoms with van der Waals surface area (Å²) in [7, 11) is 2.20. The predicted molar refractivity (Wildman–Crippen MR) is 77.3 cm³/mol. The van der Waals surface area contributed by atoms with Crippen molar-refractivity contribution in [2.24, 2.45) is 11.3 Å². The van der Waals surface area contributed by atoms with Crippen molar-refractivity contribution in [3.05, 3.63) is 35.1 Å².